The molecule has 59 heavy (non-hydrogen) atoms. The zero-order valence-electron chi connectivity index (χ0n) is 33.8. The Kier molecular flexibility index (Phi) is 9.51. The summed E-state index contributed by atoms with van der Waals surface area (Å²) in [7, 11) is 0. The molecule has 0 aromatic heterocycles. The second kappa shape index (κ2) is 14.4. The molecule has 1 N–H and O–H groups in total. The molecule has 2 atom stereocenters. The van der Waals surface area contributed by atoms with E-state index in [1.54, 1.807) is 30.3 Å². The normalized spacial score (nSPS) is 26.1. The summed E-state index contributed by atoms with van der Waals surface area (Å²) in [4.78, 5) is 74.9. The van der Waals surface area contributed by atoms with E-state index in [4.69, 9.17) is 16.3 Å². The monoisotopic (exact) mass is 817 g/mol. The molecule has 0 radical (unpaired) electrons. The van der Waals surface area contributed by atoms with Gasteiger partial charge in [-0.05, 0) is 72.9 Å². The fourth-order valence-corrected chi connectivity index (χ4v) is 11.4. The minimum absolute atomic E-state index is 0.0444. The maximum Gasteiger partial charge on any atom is 0.262 e. The largest absolute Gasteiger partial charge is 0.489 e. The molecule has 3 saturated heterocycles. The van der Waals surface area contributed by atoms with Crippen molar-refractivity contribution in [2.75, 3.05) is 55.6 Å². The van der Waals surface area contributed by atoms with Gasteiger partial charge in [-0.25, -0.2) is 0 Å². The first-order valence-electron chi connectivity index (χ1n) is 20.5. The summed E-state index contributed by atoms with van der Waals surface area (Å²) in [6.07, 6.45) is 1.07. The molecule has 13 nitrogen and oxygen atoms in total. The number of nitriles is 1. The van der Waals surface area contributed by atoms with Crippen molar-refractivity contribution in [1.82, 2.24) is 20.0 Å². The van der Waals surface area contributed by atoms with Crippen LogP contribution in [0.5, 0.6) is 5.75 Å². The maximum atomic E-state index is 13.9. The molecule has 3 aromatic carbocycles. The predicted octanol–water partition coefficient (Wildman–Crippen LogP) is 5.10. The van der Waals surface area contributed by atoms with Crippen molar-refractivity contribution in [3.8, 4) is 11.8 Å². The lowest BCUT2D eigenvalue weighted by Gasteiger charge is -2.65. The Labute approximate surface area is 348 Å². The lowest BCUT2D eigenvalue weighted by atomic mass is 9.49. The molecule has 0 bridgehead atoms. The first kappa shape index (κ1) is 39.0. The molecule has 9 rings (SSSR count). The van der Waals surface area contributed by atoms with Crippen molar-refractivity contribution < 1.29 is 28.7 Å². The van der Waals surface area contributed by atoms with Gasteiger partial charge in [-0.3, -0.25) is 39.1 Å². The first-order valence-corrected chi connectivity index (χ1v) is 20.9. The summed E-state index contributed by atoms with van der Waals surface area (Å²) in [5.41, 5.74) is 4.18. The number of piperazine rings is 1. The van der Waals surface area contributed by atoms with E-state index < -0.39 is 29.7 Å². The number of anilines is 2. The Morgan fingerprint density at radius 1 is 0.797 bits per heavy atom. The Morgan fingerprint density at radius 3 is 2.19 bits per heavy atom. The van der Waals surface area contributed by atoms with E-state index in [-0.39, 0.29) is 41.7 Å². The van der Waals surface area contributed by atoms with Crippen LogP contribution in [-0.2, 0) is 16.1 Å². The molecule has 0 spiro atoms. The van der Waals surface area contributed by atoms with Crippen molar-refractivity contribution in [1.29, 1.82) is 5.26 Å². The molecule has 1 unspecified atom stereocenters. The summed E-state index contributed by atoms with van der Waals surface area (Å²) in [5.74, 6) is -0.855. The molecule has 3 aromatic rings. The number of halogens is 1. The molecule has 1 saturated carbocycles. The highest BCUT2D eigenvalue weighted by Gasteiger charge is 2.67. The predicted molar refractivity (Wildman–Crippen MR) is 220 cm³/mol. The number of imide groups is 2. The number of piperidine rings is 1. The number of hydrogen-bond acceptors (Lipinski definition) is 10. The number of nitrogens with zero attached hydrogens (tertiary/aromatic N) is 6. The number of hydrogen-bond donors (Lipinski definition) is 1. The third kappa shape index (κ3) is 6.52. The zero-order chi connectivity index (χ0) is 41.5. The highest BCUT2D eigenvalue weighted by molar-refractivity contribution is 6.31. The Bertz CT molecular complexity index is 2330. The summed E-state index contributed by atoms with van der Waals surface area (Å²) in [6.45, 7) is 15.5. The minimum atomic E-state index is -0.978. The average Bonchev–Trinajstić information content (AvgIpc) is 3.87. The molecule has 5 aliphatic heterocycles. The van der Waals surface area contributed by atoms with Crippen molar-refractivity contribution in [3.63, 3.8) is 0 Å². The van der Waals surface area contributed by atoms with Crippen molar-refractivity contribution in [2.24, 2.45) is 16.7 Å². The molecule has 5 amide bonds. The summed E-state index contributed by atoms with van der Waals surface area (Å²) >= 11 is 6.31. The number of nitrogens with one attached hydrogen (secondary N) is 1. The van der Waals surface area contributed by atoms with Gasteiger partial charge in [0.15, 0.2) is 0 Å². The van der Waals surface area contributed by atoms with E-state index in [1.165, 1.54) is 0 Å². The zero-order valence-corrected chi connectivity index (χ0v) is 34.6. The molecular formula is C45H48ClN7O6. The van der Waals surface area contributed by atoms with E-state index in [0.717, 1.165) is 79.6 Å². The topological polar surface area (TPSA) is 147 Å². The van der Waals surface area contributed by atoms with E-state index >= 15 is 0 Å². The van der Waals surface area contributed by atoms with Crippen LogP contribution in [0.2, 0.25) is 5.02 Å². The van der Waals surface area contributed by atoms with Crippen LogP contribution in [0.15, 0.2) is 54.6 Å². The third-order valence-electron chi connectivity index (χ3n) is 13.6. The number of carbonyl (C=O) groups is 5. The molecule has 6 aliphatic rings. The van der Waals surface area contributed by atoms with Crippen LogP contribution in [0, 0.1) is 28.1 Å². The highest BCUT2D eigenvalue weighted by Crippen LogP contribution is 2.59. The standard InChI is InChI=1S/C45H48ClN7O6/c1-44(2)42(45(3,4)43(44)59-31-8-5-27(22-47)35(46)21-31)52-25-28-19-29(6-9-32(28)39(52)56)50-17-15-49(16-18-50)23-26-13-14-51(24-26)30-7-10-33-34(20-30)41(58)53(40(33)57)36-11-12-37(54)48-38(36)55/h5-10,19-21,26,36,42-43H,11-18,23-25H2,1-4H3,(H,48,54,55)/t26-,36?,42?,43?/m0/s1. The second-order valence-electron chi connectivity index (χ2n) is 18.1. The number of rotatable bonds is 8. The molecule has 5 heterocycles. The second-order valence-corrected chi connectivity index (χ2v) is 18.5. The summed E-state index contributed by atoms with van der Waals surface area (Å²) < 4.78 is 6.50. The van der Waals surface area contributed by atoms with Crippen LogP contribution in [0.4, 0.5) is 11.4 Å². The minimum Gasteiger partial charge on any atom is -0.489 e. The first-order chi connectivity index (χ1) is 28.1. The highest BCUT2D eigenvalue weighted by atomic mass is 35.5. The lowest BCUT2D eigenvalue weighted by Crippen LogP contribution is -2.74. The van der Waals surface area contributed by atoms with Crippen LogP contribution in [0.1, 0.15) is 89.2 Å². The lowest BCUT2D eigenvalue weighted by molar-refractivity contribution is -0.199. The van der Waals surface area contributed by atoms with Crippen LogP contribution in [-0.4, -0.2) is 108 Å². The van der Waals surface area contributed by atoms with Gasteiger partial charge < -0.3 is 19.4 Å². The Balaban J connectivity index is 0.785. The maximum absolute atomic E-state index is 13.9. The Morgan fingerprint density at radius 2 is 1.49 bits per heavy atom. The van der Waals surface area contributed by atoms with E-state index in [2.05, 4.69) is 65.9 Å². The van der Waals surface area contributed by atoms with Gasteiger partial charge in [-0.1, -0.05) is 39.3 Å². The van der Waals surface area contributed by atoms with Gasteiger partial charge in [-0.2, -0.15) is 5.26 Å². The quantitative estimate of drug-likeness (QED) is 0.305. The molecule has 1 aliphatic carbocycles. The molecular weight excluding hydrogens is 770 g/mol. The van der Waals surface area contributed by atoms with E-state index in [9.17, 15) is 29.2 Å². The van der Waals surface area contributed by atoms with Crippen molar-refractivity contribution in [3.05, 3.63) is 87.4 Å². The third-order valence-corrected chi connectivity index (χ3v) is 13.9. The van der Waals surface area contributed by atoms with Gasteiger partial charge in [0.05, 0.1) is 21.7 Å². The van der Waals surface area contributed by atoms with Gasteiger partial charge in [0, 0.05) is 98.7 Å². The fourth-order valence-electron chi connectivity index (χ4n) is 11.2. The van der Waals surface area contributed by atoms with Gasteiger partial charge in [0.25, 0.3) is 17.7 Å². The van der Waals surface area contributed by atoms with Crippen LogP contribution < -0.4 is 19.9 Å². The van der Waals surface area contributed by atoms with E-state index in [0.29, 0.717) is 39.9 Å². The van der Waals surface area contributed by atoms with Crippen LogP contribution in [0.25, 0.3) is 0 Å². The molecule has 4 fully saturated rings. The average molecular weight is 818 g/mol. The van der Waals surface area contributed by atoms with Crippen molar-refractivity contribution >= 4 is 52.5 Å². The van der Waals surface area contributed by atoms with Gasteiger partial charge in [0.2, 0.25) is 11.8 Å². The van der Waals surface area contributed by atoms with Crippen molar-refractivity contribution in [2.45, 2.75) is 71.7 Å². The van der Waals surface area contributed by atoms with E-state index in [1.807, 2.05) is 17.0 Å². The van der Waals surface area contributed by atoms with Gasteiger partial charge in [-0.15, -0.1) is 0 Å². The van der Waals surface area contributed by atoms with Crippen LogP contribution in [0.3, 0.4) is 0 Å². The number of amides is 5. The number of benzene rings is 3. The number of fused-ring (bicyclic) bond motifs is 2. The number of carbonyl (C=O) groups excluding carboxylic acids is 5. The van der Waals surface area contributed by atoms with Gasteiger partial charge in [0.1, 0.15) is 24.0 Å². The molecule has 306 valence electrons. The van der Waals surface area contributed by atoms with Gasteiger partial charge >= 0.3 is 0 Å². The fraction of sp³-hybridized carbons (Fsp3) is 0.467. The van der Waals surface area contributed by atoms with Crippen LogP contribution >= 0.6 is 11.6 Å². The summed E-state index contributed by atoms with van der Waals surface area (Å²) in [6, 6.07) is 17.8. The smallest absolute Gasteiger partial charge is 0.262 e. The SMILES string of the molecule is CC1(C)C(Oc2ccc(C#N)c(Cl)c2)C(C)(C)C1N1Cc2cc(N3CCN(C[C@@H]4CCN(c5ccc6c(c5)C(=O)N(C5CCC(=O)NC5=O)C6=O)C4)CC3)ccc2C1=O. The Hall–Kier alpha value is -5.45. The number of ether oxygens (including phenoxy) is 1. The summed E-state index contributed by atoms with van der Waals surface area (Å²) in [5, 5.41) is 11.9. The molecule has 14 heteroatoms.